The Hall–Kier alpha value is -3.12. The molecule has 2 aromatic carbocycles. The van der Waals surface area contributed by atoms with E-state index in [1.165, 1.54) is 11.1 Å². The first-order valence-corrected chi connectivity index (χ1v) is 19.1. The van der Waals surface area contributed by atoms with Gasteiger partial charge in [0.15, 0.2) is 0 Å². The van der Waals surface area contributed by atoms with Crippen LogP contribution >= 0.6 is 11.6 Å². The molecule has 0 radical (unpaired) electrons. The zero-order chi connectivity index (χ0) is 33.9. The molecular weight excluding hydrogens is 654 g/mol. The Labute approximate surface area is 288 Å². The molecule has 12 heteroatoms. The average Bonchev–Trinajstić information content (AvgIpc) is 3.20. The monoisotopic (exact) mass is 699 g/mol. The normalized spacial score (nSPS) is 28.9. The number of allylic oxidation sites excluding steroid dienone is 1. The fourth-order valence-corrected chi connectivity index (χ4v) is 9.52. The topological polar surface area (TPSA) is 134 Å². The highest BCUT2D eigenvalue weighted by Gasteiger charge is 2.44. The van der Waals surface area contributed by atoms with Gasteiger partial charge in [-0.05, 0) is 105 Å². The van der Waals surface area contributed by atoms with Crippen molar-refractivity contribution in [2.75, 3.05) is 44.4 Å². The zero-order valence-corrected chi connectivity index (χ0v) is 29.0. The van der Waals surface area contributed by atoms with Crippen molar-refractivity contribution in [3.63, 3.8) is 0 Å². The molecule has 10 nitrogen and oxygen atoms in total. The van der Waals surface area contributed by atoms with Crippen molar-refractivity contribution in [3.8, 4) is 5.75 Å². The molecule has 48 heavy (non-hydrogen) atoms. The van der Waals surface area contributed by atoms with Crippen LogP contribution in [0.4, 0.5) is 5.69 Å². The van der Waals surface area contributed by atoms with Gasteiger partial charge in [-0.3, -0.25) is 9.59 Å². The number of amides is 2. The summed E-state index contributed by atoms with van der Waals surface area (Å²) in [4.78, 5) is 28.2. The van der Waals surface area contributed by atoms with Gasteiger partial charge in [-0.1, -0.05) is 36.7 Å². The van der Waals surface area contributed by atoms with E-state index in [1.54, 1.807) is 25.1 Å². The van der Waals surface area contributed by atoms with Crippen molar-refractivity contribution in [3.05, 3.63) is 70.3 Å². The number of rotatable bonds is 6. The molecule has 6 rings (SSSR count). The molecule has 2 amide bonds. The van der Waals surface area contributed by atoms with Gasteiger partial charge in [0.25, 0.3) is 5.91 Å². The maximum atomic E-state index is 13.5. The van der Waals surface area contributed by atoms with Crippen LogP contribution in [-0.4, -0.2) is 76.1 Å². The van der Waals surface area contributed by atoms with Gasteiger partial charge in [-0.25, -0.2) is 13.1 Å². The molecule has 5 atom stereocenters. The van der Waals surface area contributed by atoms with Gasteiger partial charge in [0.2, 0.25) is 15.9 Å². The summed E-state index contributed by atoms with van der Waals surface area (Å²) in [5.74, 6) is 0.0926. The summed E-state index contributed by atoms with van der Waals surface area (Å²) in [6.07, 6.45) is 9.54. The Balaban J connectivity index is 1.38. The van der Waals surface area contributed by atoms with Crippen LogP contribution in [0.15, 0.2) is 48.6 Å². The molecule has 0 unspecified atom stereocenters. The predicted molar refractivity (Wildman–Crippen MR) is 185 cm³/mol. The van der Waals surface area contributed by atoms with E-state index in [1.807, 2.05) is 18.2 Å². The van der Waals surface area contributed by atoms with Crippen molar-refractivity contribution in [2.24, 2.45) is 11.8 Å². The SMILES string of the molecule is CC[C@@H]1CC/C=C\[C@H](OCC(=O)NCCO)[C@@H]2CC[C@H]2CN2C[C@@]3(CCCc4cc(Cl)ccc43)COc3ccc(cc32)C(=O)NS1(=O)=O. The molecule has 1 fully saturated rings. The molecule has 2 aliphatic carbocycles. The lowest BCUT2D eigenvalue weighted by Gasteiger charge is -2.46. The Morgan fingerprint density at radius 3 is 2.83 bits per heavy atom. The van der Waals surface area contributed by atoms with Gasteiger partial charge in [-0.15, -0.1) is 0 Å². The van der Waals surface area contributed by atoms with Crippen LogP contribution in [0.1, 0.15) is 73.4 Å². The summed E-state index contributed by atoms with van der Waals surface area (Å²) in [6.45, 7) is 3.48. The second kappa shape index (κ2) is 14.8. The maximum Gasteiger partial charge on any atom is 0.264 e. The summed E-state index contributed by atoms with van der Waals surface area (Å²) in [6, 6.07) is 11.3. The number of aliphatic hydroxyl groups excluding tert-OH is 1. The van der Waals surface area contributed by atoms with Crippen LogP contribution < -0.4 is 19.7 Å². The van der Waals surface area contributed by atoms with Crippen molar-refractivity contribution in [2.45, 2.75) is 75.1 Å². The third kappa shape index (κ3) is 7.39. The number of aliphatic hydroxyl groups is 1. The minimum absolute atomic E-state index is 0.136. The van der Waals surface area contributed by atoms with Crippen LogP contribution in [0, 0.1) is 11.8 Å². The van der Waals surface area contributed by atoms with Gasteiger partial charge in [0.05, 0.1) is 30.3 Å². The number of ether oxygens (including phenoxy) is 2. The molecule has 2 heterocycles. The van der Waals surface area contributed by atoms with E-state index < -0.39 is 21.2 Å². The lowest BCUT2D eigenvalue weighted by molar-refractivity contribution is -0.129. The Kier molecular flexibility index (Phi) is 10.7. The van der Waals surface area contributed by atoms with Crippen LogP contribution in [-0.2, 0) is 31.4 Å². The first kappa shape index (κ1) is 34.7. The van der Waals surface area contributed by atoms with Crippen LogP contribution in [0.5, 0.6) is 5.75 Å². The first-order chi connectivity index (χ1) is 23.1. The van der Waals surface area contributed by atoms with Crippen LogP contribution in [0.2, 0.25) is 5.02 Å². The Morgan fingerprint density at radius 1 is 1.21 bits per heavy atom. The fourth-order valence-electron chi connectivity index (χ4n) is 7.90. The van der Waals surface area contributed by atoms with Gasteiger partial charge < -0.3 is 24.8 Å². The molecule has 2 aliphatic heterocycles. The van der Waals surface area contributed by atoms with Crippen molar-refractivity contribution in [1.29, 1.82) is 0 Å². The van der Waals surface area contributed by atoms with Crippen LogP contribution in [0.25, 0.3) is 0 Å². The van der Waals surface area contributed by atoms with Crippen molar-refractivity contribution >= 4 is 39.1 Å². The van der Waals surface area contributed by atoms with E-state index in [9.17, 15) is 18.0 Å². The third-order valence-corrected chi connectivity index (χ3v) is 12.8. The number of nitrogens with zero attached hydrogens (tertiary/aromatic N) is 1. The number of halogens is 1. The van der Waals surface area contributed by atoms with Crippen molar-refractivity contribution in [1.82, 2.24) is 10.0 Å². The maximum absolute atomic E-state index is 13.5. The molecule has 1 spiro atoms. The van der Waals surface area contributed by atoms with E-state index in [0.29, 0.717) is 49.7 Å². The van der Waals surface area contributed by atoms with E-state index in [4.69, 9.17) is 26.2 Å². The Morgan fingerprint density at radius 2 is 2.06 bits per heavy atom. The second-order valence-electron chi connectivity index (χ2n) is 13.6. The standard InChI is InChI=1S/C36H46ClN3O7S/c1-2-28-7-3-4-8-32(46-21-34(42)38-16-17-41)29-12-9-26(29)20-40-22-36(15-5-6-24-18-27(37)11-13-30(24)36)23-47-33-14-10-25(19-31(33)40)35(43)39-48(28,44)45/h4,8,10-11,13-14,18-19,26,28-29,32,41H,2-3,5-7,9,12,15-17,20-23H2,1H3,(H,38,42)(H,39,43)/b8-4-/t26-,28+,29+,32-,36-/m0/s1. The first-order valence-electron chi connectivity index (χ1n) is 17.1. The fraction of sp³-hybridized carbons (Fsp3) is 0.556. The zero-order valence-electron chi connectivity index (χ0n) is 27.5. The number of carbonyl (C=O) groups excluding carboxylic acids is 2. The van der Waals surface area contributed by atoms with Gasteiger partial charge in [0.1, 0.15) is 12.4 Å². The lowest BCUT2D eigenvalue weighted by Crippen LogP contribution is -2.50. The Bertz CT molecular complexity index is 1650. The van der Waals surface area contributed by atoms with Crippen molar-refractivity contribution < 1.29 is 32.6 Å². The molecule has 0 saturated heterocycles. The number of benzene rings is 2. The highest BCUT2D eigenvalue weighted by Crippen LogP contribution is 2.47. The van der Waals surface area contributed by atoms with Gasteiger partial charge in [-0.2, -0.15) is 0 Å². The molecule has 260 valence electrons. The number of fused-ring (bicyclic) bond motifs is 4. The minimum atomic E-state index is -3.95. The summed E-state index contributed by atoms with van der Waals surface area (Å²) >= 11 is 6.42. The third-order valence-electron chi connectivity index (χ3n) is 10.6. The molecule has 1 saturated carbocycles. The van der Waals surface area contributed by atoms with E-state index in [0.717, 1.165) is 37.8 Å². The largest absolute Gasteiger partial charge is 0.490 e. The number of anilines is 1. The number of hydrogen-bond donors (Lipinski definition) is 3. The number of nitrogens with one attached hydrogen (secondary N) is 2. The predicted octanol–water partition coefficient (Wildman–Crippen LogP) is 4.52. The lowest BCUT2D eigenvalue weighted by atomic mass is 9.68. The molecule has 2 aromatic rings. The van der Waals surface area contributed by atoms with Gasteiger partial charge in [0, 0.05) is 35.6 Å². The summed E-state index contributed by atoms with van der Waals surface area (Å²) in [7, 11) is -3.95. The molecule has 3 N–H and O–H groups in total. The summed E-state index contributed by atoms with van der Waals surface area (Å²) in [5, 5.41) is 11.7. The van der Waals surface area contributed by atoms with E-state index in [2.05, 4.69) is 27.1 Å². The highest BCUT2D eigenvalue weighted by molar-refractivity contribution is 7.90. The average molecular weight is 700 g/mol. The quantitative estimate of drug-likeness (QED) is 0.375. The highest BCUT2D eigenvalue weighted by atomic mass is 35.5. The number of carbonyl (C=O) groups is 2. The van der Waals surface area contributed by atoms with E-state index >= 15 is 0 Å². The number of hydrogen-bond acceptors (Lipinski definition) is 8. The van der Waals surface area contributed by atoms with E-state index in [-0.39, 0.29) is 54.6 Å². The molecule has 4 aliphatic rings. The minimum Gasteiger partial charge on any atom is -0.490 e. The number of sulfonamides is 1. The molecule has 2 bridgehead atoms. The van der Waals surface area contributed by atoms with Crippen LogP contribution in [0.3, 0.4) is 0 Å². The smallest absolute Gasteiger partial charge is 0.264 e. The molecule has 0 aromatic heterocycles. The number of aryl methyl sites for hydroxylation is 1. The second-order valence-corrected chi connectivity index (χ2v) is 16.0. The van der Waals surface area contributed by atoms with Gasteiger partial charge >= 0.3 is 0 Å². The summed E-state index contributed by atoms with van der Waals surface area (Å²) < 4.78 is 41.9. The summed E-state index contributed by atoms with van der Waals surface area (Å²) in [5.41, 5.74) is 3.18. The molecular formula is C36H46ClN3O7S.